The maximum Gasteiger partial charge on any atom is 0.0876 e. The van der Waals surface area contributed by atoms with Crippen LogP contribution < -0.4 is 5.73 Å². The van der Waals surface area contributed by atoms with Crippen molar-refractivity contribution in [3.05, 3.63) is 11.8 Å². The Morgan fingerprint density at radius 1 is 1.67 bits per heavy atom. The Bertz CT molecular complexity index is 109. The van der Waals surface area contributed by atoms with E-state index in [1.807, 2.05) is 6.26 Å². The highest BCUT2D eigenvalue weighted by molar-refractivity contribution is 5.00. The van der Waals surface area contributed by atoms with Gasteiger partial charge in [0.15, 0.2) is 0 Å². The van der Waals surface area contributed by atoms with Crippen LogP contribution in [-0.2, 0) is 4.74 Å². The first-order valence-electron chi connectivity index (χ1n) is 3.43. The summed E-state index contributed by atoms with van der Waals surface area (Å²) >= 11 is 0. The van der Waals surface area contributed by atoms with E-state index in [0.29, 0.717) is 0 Å². The van der Waals surface area contributed by atoms with Crippen LogP contribution in [0.25, 0.3) is 0 Å². The largest absolute Gasteiger partial charge is 0.501 e. The standard InChI is InChI=1S/C7H13NO/c8-4-3-7-2-1-5-9-6-7/h6H,1-5,8H2. The van der Waals surface area contributed by atoms with Gasteiger partial charge in [-0.3, -0.25) is 0 Å². The molecule has 0 aromatic rings. The number of nitrogens with two attached hydrogens (primary N) is 1. The van der Waals surface area contributed by atoms with Crippen molar-refractivity contribution in [2.75, 3.05) is 13.2 Å². The fourth-order valence-corrected chi connectivity index (χ4v) is 0.988. The first kappa shape index (κ1) is 6.62. The molecule has 0 saturated heterocycles. The number of hydrogen-bond acceptors (Lipinski definition) is 2. The van der Waals surface area contributed by atoms with Gasteiger partial charge in [0.05, 0.1) is 12.9 Å². The van der Waals surface area contributed by atoms with Crippen LogP contribution in [0, 0.1) is 0 Å². The van der Waals surface area contributed by atoms with Crippen LogP contribution in [0.4, 0.5) is 0 Å². The van der Waals surface area contributed by atoms with Crippen molar-refractivity contribution in [1.82, 2.24) is 0 Å². The van der Waals surface area contributed by atoms with E-state index in [4.69, 9.17) is 10.5 Å². The van der Waals surface area contributed by atoms with Crippen molar-refractivity contribution >= 4 is 0 Å². The zero-order chi connectivity index (χ0) is 6.53. The molecule has 1 aliphatic rings. The summed E-state index contributed by atoms with van der Waals surface area (Å²) < 4.78 is 5.12. The summed E-state index contributed by atoms with van der Waals surface area (Å²) in [5, 5.41) is 0. The molecule has 9 heavy (non-hydrogen) atoms. The molecule has 1 aliphatic heterocycles. The third-order valence-corrected chi connectivity index (χ3v) is 1.48. The lowest BCUT2D eigenvalue weighted by atomic mass is 10.1. The predicted octanol–water partition coefficient (Wildman–Crippen LogP) is 1.03. The highest BCUT2D eigenvalue weighted by atomic mass is 16.5. The summed E-state index contributed by atoms with van der Waals surface area (Å²) in [6.07, 6.45) is 5.19. The first-order chi connectivity index (χ1) is 4.43. The second kappa shape index (κ2) is 3.51. The summed E-state index contributed by atoms with van der Waals surface area (Å²) in [4.78, 5) is 0. The molecule has 0 aliphatic carbocycles. The van der Waals surface area contributed by atoms with Crippen molar-refractivity contribution < 1.29 is 4.74 Å². The highest BCUT2D eigenvalue weighted by Crippen LogP contribution is 2.13. The van der Waals surface area contributed by atoms with Crippen molar-refractivity contribution in [3.63, 3.8) is 0 Å². The molecular weight excluding hydrogens is 114 g/mol. The highest BCUT2D eigenvalue weighted by Gasteiger charge is 2.01. The summed E-state index contributed by atoms with van der Waals surface area (Å²) in [5.41, 5.74) is 6.73. The Balaban J connectivity index is 2.28. The smallest absolute Gasteiger partial charge is 0.0876 e. The topological polar surface area (TPSA) is 35.2 Å². The van der Waals surface area contributed by atoms with E-state index in [2.05, 4.69) is 0 Å². The second-order valence-electron chi connectivity index (χ2n) is 2.29. The lowest BCUT2D eigenvalue weighted by Gasteiger charge is -2.11. The maximum absolute atomic E-state index is 5.36. The molecule has 0 spiro atoms. The van der Waals surface area contributed by atoms with Crippen molar-refractivity contribution in [2.24, 2.45) is 5.73 Å². The third-order valence-electron chi connectivity index (χ3n) is 1.48. The molecule has 0 aromatic carbocycles. The van der Waals surface area contributed by atoms with Crippen LogP contribution >= 0.6 is 0 Å². The summed E-state index contributed by atoms with van der Waals surface area (Å²) in [5.74, 6) is 0. The molecule has 0 saturated carbocycles. The summed E-state index contributed by atoms with van der Waals surface area (Å²) in [6, 6.07) is 0. The van der Waals surface area contributed by atoms with Gasteiger partial charge in [-0.05, 0) is 31.4 Å². The Morgan fingerprint density at radius 3 is 3.11 bits per heavy atom. The van der Waals surface area contributed by atoms with Gasteiger partial charge < -0.3 is 10.5 Å². The molecule has 0 fully saturated rings. The van der Waals surface area contributed by atoms with Gasteiger partial charge in [0.1, 0.15) is 0 Å². The first-order valence-corrected chi connectivity index (χ1v) is 3.43. The molecule has 2 N–H and O–H groups in total. The van der Waals surface area contributed by atoms with Crippen molar-refractivity contribution in [3.8, 4) is 0 Å². The molecule has 0 unspecified atom stereocenters. The zero-order valence-corrected chi connectivity index (χ0v) is 5.60. The van der Waals surface area contributed by atoms with E-state index in [1.54, 1.807) is 0 Å². The minimum absolute atomic E-state index is 0.745. The lowest BCUT2D eigenvalue weighted by molar-refractivity contribution is 0.223. The number of ether oxygens (including phenoxy) is 1. The lowest BCUT2D eigenvalue weighted by Crippen LogP contribution is -2.05. The number of hydrogen-bond donors (Lipinski definition) is 1. The van der Waals surface area contributed by atoms with E-state index in [1.165, 1.54) is 12.0 Å². The van der Waals surface area contributed by atoms with Crippen LogP contribution in [-0.4, -0.2) is 13.2 Å². The summed E-state index contributed by atoms with van der Waals surface area (Å²) in [7, 11) is 0. The molecular formula is C7H13NO. The Hall–Kier alpha value is -0.500. The maximum atomic E-state index is 5.36. The molecule has 0 radical (unpaired) electrons. The molecule has 1 heterocycles. The predicted molar refractivity (Wildman–Crippen MR) is 36.9 cm³/mol. The Labute approximate surface area is 55.7 Å². The Kier molecular flexibility index (Phi) is 2.58. The average Bonchev–Trinajstić information content (AvgIpc) is 1.91. The van der Waals surface area contributed by atoms with Gasteiger partial charge in [-0.25, -0.2) is 0 Å². The molecule has 0 atom stereocenters. The van der Waals surface area contributed by atoms with Crippen LogP contribution in [0.5, 0.6) is 0 Å². The quantitative estimate of drug-likeness (QED) is 0.601. The van der Waals surface area contributed by atoms with Gasteiger partial charge >= 0.3 is 0 Å². The van der Waals surface area contributed by atoms with Gasteiger partial charge in [0, 0.05) is 0 Å². The van der Waals surface area contributed by atoms with Crippen LogP contribution in [0.2, 0.25) is 0 Å². The van der Waals surface area contributed by atoms with Gasteiger partial charge in [-0.15, -0.1) is 0 Å². The van der Waals surface area contributed by atoms with E-state index < -0.39 is 0 Å². The van der Waals surface area contributed by atoms with E-state index in [9.17, 15) is 0 Å². The molecule has 0 amide bonds. The molecule has 0 aromatic heterocycles. The van der Waals surface area contributed by atoms with Crippen LogP contribution in [0.1, 0.15) is 19.3 Å². The van der Waals surface area contributed by atoms with Crippen molar-refractivity contribution in [2.45, 2.75) is 19.3 Å². The van der Waals surface area contributed by atoms with E-state index in [-0.39, 0.29) is 0 Å². The van der Waals surface area contributed by atoms with Crippen molar-refractivity contribution in [1.29, 1.82) is 0 Å². The fraction of sp³-hybridized carbons (Fsp3) is 0.714. The monoisotopic (exact) mass is 127 g/mol. The SMILES string of the molecule is NCCC1=COCCC1. The summed E-state index contributed by atoms with van der Waals surface area (Å²) in [6.45, 7) is 1.63. The van der Waals surface area contributed by atoms with E-state index in [0.717, 1.165) is 26.0 Å². The molecule has 2 nitrogen and oxygen atoms in total. The minimum atomic E-state index is 0.745. The Morgan fingerprint density at radius 2 is 2.56 bits per heavy atom. The second-order valence-corrected chi connectivity index (χ2v) is 2.29. The zero-order valence-electron chi connectivity index (χ0n) is 5.60. The third kappa shape index (κ3) is 2.06. The average molecular weight is 127 g/mol. The molecule has 2 heteroatoms. The normalized spacial score (nSPS) is 18.6. The number of rotatable bonds is 2. The van der Waals surface area contributed by atoms with Crippen LogP contribution in [0.15, 0.2) is 11.8 Å². The van der Waals surface area contributed by atoms with Gasteiger partial charge in [0.25, 0.3) is 0 Å². The van der Waals surface area contributed by atoms with Gasteiger partial charge in [0.2, 0.25) is 0 Å². The molecule has 52 valence electrons. The van der Waals surface area contributed by atoms with Gasteiger partial charge in [-0.1, -0.05) is 0 Å². The fourth-order valence-electron chi connectivity index (χ4n) is 0.988. The van der Waals surface area contributed by atoms with Gasteiger partial charge in [-0.2, -0.15) is 0 Å². The van der Waals surface area contributed by atoms with E-state index >= 15 is 0 Å². The minimum Gasteiger partial charge on any atom is -0.501 e. The molecule has 1 rings (SSSR count). The van der Waals surface area contributed by atoms with Crippen LogP contribution in [0.3, 0.4) is 0 Å². The molecule has 0 bridgehead atoms.